The Morgan fingerprint density at radius 3 is 2.60 bits per heavy atom. The molecule has 0 saturated carbocycles. The number of hydrogen-bond donors (Lipinski definition) is 1. The third-order valence-corrected chi connectivity index (χ3v) is 3.47. The summed E-state index contributed by atoms with van der Waals surface area (Å²) < 4.78 is 0.914. The van der Waals surface area contributed by atoms with Gasteiger partial charge >= 0.3 is 0 Å². The number of halogens is 2. The number of hydrogen-bond acceptors (Lipinski definition) is 3. The number of alkyl halides is 1. The predicted octanol–water partition coefficient (Wildman–Crippen LogP) is 3.29. The summed E-state index contributed by atoms with van der Waals surface area (Å²) in [5.74, 6) is 2.17. The van der Waals surface area contributed by atoms with Crippen LogP contribution in [0.4, 0.5) is 5.82 Å². The van der Waals surface area contributed by atoms with Gasteiger partial charge in [0.1, 0.15) is 11.6 Å². The van der Waals surface area contributed by atoms with Gasteiger partial charge in [0.05, 0.1) is 10.2 Å². The van der Waals surface area contributed by atoms with Crippen LogP contribution in [-0.2, 0) is 0 Å². The van der Waals surface area contributed by atoms with Crippen LogP contribution in [0.15, 0.2) is 4.47 Å². The molecule has 0 saturated heterocycles. The van der Waals surface area contributed by atoms with E-state index in [-0.39, 0.29) is 6.04 Å². The first kappa shape index (κ1) is 12.7. The summed E-state index contributed by atoms with van der Waals surface area (Å²) in [5.41, 5.74) is 0.939. The lowest BCUT2D eigenvalue weighted by molar-refractivity contribution is 0.761. The van der Waals surface area contributed by atoms with Gasteiger partial charge in [0.25, 0.3) is 0 Å². The summed E-state index contributed by atoms with van der Waals surface area (Å²) in [6.07, 6.45) is 0.970. The molecule has 1 rings (SSSR count). The van der Waals surface area contributed by atoms with E-state index in [2.05, 4.69) is 38.1 Å². The summed E-state index contributed by atoms with van der Waals surface area (Å²) in [4.78, 5) is 8.60. The smallest absolute Gasteiger partial charge is 0.144 e. The van der Waals surface area contributed by atoms with E-state index >= 15 is 0 Å². The Labute approximate surface area is 104 Å². The summed E-state index contributed by atoms with van der Waals surface area (Å²) in [6.45, 7) is 5.92. The van der Waals surface area contributed by atoms with E-state index in [0.29, 0.717) is 5.88 Å². The van der Waals surface area contributed by atoms with Crippen LogP contribution in [0.5, 0.6) is 0 Å². The van der Waals surface area contributed by atoms with Crippen LogP contribution >= 0.6 is 27.5 Å². The Morgan fingerprint density at radius 1 is 1.40 bits per heavy atom. The van der Waals surface area contributed by atoms with Crippen molar-refractivity contribution in [2.75, 3.05) is 11.2 Å². The van der Waals surface area contributed by atoms with E-state index in [0.717, 1.165) is 28.2 Å². The van der Waals surface area contributed by atoms with Crippen LogP contribution in [0, 0.1) is 13.8 Å². The normalized spacial score (nSPS) is 12.6. The van der Waals surface area contributed by atoms with E-state index in [4.69, 9.17) is 11.6 Å². The molecule has 0 aliphatic carbocycles. The first-order valence-corrected chi connectivity index (χ1v) is 6.24. The quantitative estimate of drug-likeness (QED) is 0.865. The molecule has 0 fully saturated rings. The van der Waals surface area contributed by atoms with Crippen LogP contribution in [0.3, 0.4) is 0 Å². The van der Waals surface area contributed by atoms with Crippen molar-refractivity contribution in [1.29, 1.82) is 0 Å². The van der Waals surface area contributed by atoms with Crippen molar-refractivity contribution in [2.45, 2.75) is 33.2 Å². The minimum absolute atomic E-state index is 0.247. The largest absolute Gasteiger partial charge is 0.365 e. The Balaban J connectivity index is 2.93. The number of nitrogens with one attached hydrogen (secondary N) is 1. The van der Waals surface area contributed by atoms with Gasteiger partial charge in [-0.25, -0.2) is 9.97 Å². The number of aryl methyl sites for hydroxylation is 2. The van der Waals surface area contributed by atoms with Gasteiger partial charge in [-0.3, -0.25) is 0 Å². The predicted molar refractivity (Wildman–Crippen MR) is 67.6 cm³/mol. The highest BCUT2D eigenvalue weighted by Gasteiger charge is 2.11. The fourth-order valence-electron chi connectivity index (χ4n) is 1.24. The molecule has 0 aromatic carbocycles. The van der Waals surface area contributed by atoms with Gasteiger partial charge in [0.15, 0.2) is 0 Å². The molecule has 1 aromatic rings. The average molecular weight is 293 g/mol. The lowest BCUT2D eigenvalue weighted by atomic mass is 10.2. The van der Waals surface area contributed by atoms with Crippen LogP contribution in [0.1, 0.15) is 24.9 Å². The molecule has 1 unspecified atom stereocenters. The lowest BCUT2D eigenvalue weighted by Crippen LogP contribution is -2.21. The highest BCUT2D eigenvalue weighted by molar-refractivity contribution is 9.10. The molecule has 0 spiro atoms. The minimum Gasteiger partial charge on any atom is -0.365 e. The third kappa shape index (κ3) is 3.31. The van der Waals surface area contributed by atoms with Crippen molar-refractivity contribution >= 4 is 33.3 Å². The Kier molecular flexibility index (Phi) is 4.80. The summed E-state index contributed by atoms with van der Waals surface area (Å²) >= 11 is 9.30. The topological polar surface area (TPSA) is 37.8 Å². The SMILES string of the molecule is CCC(CCl)Nc1nc(C)nc(C)c1Br. The van der Waals surface area contributed by atoms with Crippen LogP contribution in [-0.4, -0.2) is 21.9 Å². The number of nitrogens with zero attached hydrogens (tertiary/aromatic N) is 2. The molecule has 5 heteroatoms. The van der Waals surface area contributed by atoms with Gasteiger partial charge < -0.3 is 5.32 Å². The monoisotopic (exact) mass is 291 g/mol. The van der Waals surface area contributed by atoms with E-state index in [1.54, 1.807) is 0 Å². The van der Waals surface area contributed by atoms with Gasteiger partial charge in [0.2, 0.25) is 0 Å². The van der Waals surface area contributed by atoms with Crippen molar-refractivity contribution in [3.05, 3.63) is 16.0 Å². The van der Waals surface area contributed by atoms with E-state index in [1.165, 1.54) is 0 Å². The molecule has 3 nitrogen and oxygen atoms in total. The van der Waals surface area contributed by atoms with Gasteiger partial charge in [-0.2, -0.15) is 0 Å². The molecule has 0 aliphatic heterocycles. The first-order chi connectivity index (χ1) is 7.08. The van der Waals surface area contributed by atoms with Crippen molar-refractivity contribution in [2.24, 2.45) is 0 Å². The van der Waals surface area contributed by atoms with Crippen molar-refractivity contribution in [3.8, 4) is 0 Å². The van der Waals surface area contributed by atoms with E-state index in [9.17, 15) is 0 Å². The molecular formula is C10H15BrClN3. The molecule has 1 heterocycles. The first-order valence-electron chi connectivity index (χ1n) is 4.91. The van der Waals surface area contributed by atoms with Crippen molar-refractivity contribution < 1.29 is 0 Å². The number of anilines is 1. The maximum absolute atomic E-state index is 5.83. The average Bonchev–Trinajstić information content (AvgIpc) is 2.21. The highest BCUT2D eigenvalue weighted by Crippen LogP contribution is 2.23. The van der Waals surface area contributed by atoms with E-state index in [1.807, 2.05) is 13.8 Å². The third-order valence-electron chi connectivity index (χ3n) is 2.15. The lowest BCUT2D eigenvalue weighted by Gasteiger charge is -2.16. The van der Waals surface area contributed by atoms with Gasteiger partial charge in [-0.15, -0.1) is 11.6 Å². The fraction of sp³-hybridized carbons (Fsp3) is 0.600. The zero-order valence-corrected chi connectivity index (χ0v) is 11.5. The molecule has 1 N–H and O–H groups in total. The van der Waals surface area contributed by atoms with Crippen LogP contribution in [0.2, 0.25) is 0 Å². The maximum Gasteiger partial charge on any atom is 0.144 e. The molecule has 0 radical (unpaired) electrons. The van der Waals surface area contributed by atoms with Gasteiger partial charge in [-0.05, 0) is 36.2 Å². The maximum atomic E-state index is 5.83. The van der Waals surface area contributed by atoms with E-state index < -0.39 is 0 Å². The number of rotatable bonds is 4. The second kappa shape index (κ2) is 5.66. The van der Waals surface area contributed by atoms with Crippen LogP contribution in [0.25, 0.3) is 0 Å². The Bertz CT molecular complexity index is 340. The summed E-state index contributed by atoms with van der Waals surface area (Å²) in [7, 11) is 0. The fourth-order valence-corrected chi connectivity index (χ4v) is 1.82. The highest BCUT2D eigenvalue weighted by atomic mass is 79.9. The molecule has 1 atom stereocenters. The Morgan fingerprint density at radius 2 is 2.07 bits per heavy atom. The zero-order chi connectivity index (χ0) is 11.4. The summed E-state index contributed by atoms with van der Waals surface area (Å²) in [6, 6.07) is 0.247. The zero-order valence-electron chi connectivity index (χ0n) is 9.14. The summed E-state index contributed by atoms with van der Waals surface area (Å²) in [5, 5.41) is 3.30. The van der Waals surface area contributed by atoms with Gasteiger partial charge in [-0.1, -0.05) is 6.92 Å². The Hall–Kier alpha value is -0.350. The standard InChI is InChI=1S/C10H15BrClN3/c1-4-8(5-12)15-10-9(11)6(2)13-7(3)14-10/h8H,4-5H2,1-3H3,(H,13,14,15). The molecular weight excluding hydrogens is 277 g/mol. The van der Waals surface area contributed by atoms with Gasteiger partial charge in [0, 0.05) is 11.9 Å². The second-order valence-electron chi connectivity index (χ2n) is 3.42. The number of aromatic nitrogens is 2. The molecule has 15 heavy (non-hydrogen) atoms. The van der Waals surface area contributed by atoms with Crippen LogP contribution < -0.4 is 5.32 Å². The molecule has 84 valence electrons. The molecule has 0 bridgehead atoms. The second-order valence-corrected chi connectivity index (χ2v) is 4.52. The molecule has 0 aliphatic rings. The molecule has 0 amide bonds. The minimum atomic E-state index is 0.247. The molecule has 1 aromatic heterocycles. The van der Waals surface area contributed by atoms with Crippen molar-refractivity contribution in [1.82, 2.24) is 9.97 Å². The van der Waals surface area contributed by atoms with Crippen molar-refractivity contribution in [3.63, 3.8) is 0 Å².